The summed E-state index contributed by atoms with van der Waals surface area (Å²) in [6, 6.07) is 10.3. The van der Waals surface area contributed by atoms with Gasteiger partial charge >= 0.3 is 0 Å². The summed E-state index contributed by atoms with van der Waals surface area (Å²) in [6.45, 7) is -0.305. The molecule has 20 heavy (non-hydrogen) atoms. The second kappa shape index (κ2) is 6.03. The fraction of sp³-hybridized carbons (Fsp3) is 0.143. The Morgan fingerprint density at radius 3 is 2.50 bits per heavy atom. The number of benzene rings is 2. The van der Waals surface area contributed by atoms with Crippen LogP contribution in [0.3, 0.4) is 0 Å². The van der Waals surface area contributed by atoms with Gasteiger partial charge in [-0.1, -0.05) is 24.3 Å². The average Bonchev–Trinajstić information content (AvgIpc) is 2.46. The number of aromatic hydroxyl groups is 1. The molecule has 0 fully saturated rings. The summed E-state index contributed by atoms with van der Waals surface area (Å²) in [6.07, 6.45) is 0. The van der Waals surface area contributed by atoms with Crippen LogP contribution >= 0.6 is 0 Å². The quantitative estimate of drug-likeness (QED) is 0.653. The van der Waals surface area contributed by atoms with Gasteiger partial charge in [-0.3, -0.25) is 9.59 Å². The van der Waals surface area contributed by atoms with E-state index in [-0.39, 0.29) is 24.7 Å². The zero-order valence-electron chi connectivity index (χ0n) is 10.7. The van der Waals surface area contributed by atoms with Crippen LogP contribution in [-0.2, 0) is 9.59 Å². The lowest BCUT2D eigenvalue weighted by Gasteiger charge is -2.10. The summed E-state index contributed by atoms with van der Waals surface area (Å²) in [5.74, 6) is -0.603. The monoisotopic (exact) mass is 273 g/mol. The van der Waals surface area contributed by atoms with Crippen molar-refractivity contribution in [2.24, 2.45) is 5.73 Å². The predicted molar refractivity (Wildman–Crippen MR) is 76.3 cm³/mol. The van der Waals surface area contributed by atoms with Crippen LogP contribution in [0.5, 0.6) is 5.75 Å². The molecule has 0 bridgehead atoms. The number of carbonyl (C=O) groups excluding carboxylic acids is 2. The van der Waals surface area contributed by atoms with Crippen LogP contribution in [0.4, 0.5) is 5.69 Å². The van der Waals surface area contributed by atoms with E-state index >= 15 is 0 Å². The molecule has 0 aromatic heterocycles. The number of carbonyl (C=O) groups is 2. The minimum Gasteiger partial charge on any atom is -0.507 e. The molecule has 0 aliphatic rings. The predicted octanol–water partition coefficient (Wildman–Crippen LogP) is 0.559. The van der Waals surface area contributed by atoms with Gasteiger partial charge < -0.3 is 21.5 Å². The molecule has 0 aliphatic heterocycles. The van der Waals surface area contributed by atoms with Gasteiger partial charge in [-0.05, 0) is 12.1 Å². The van der Waals surface area contributed by atoms with E-state index in [1.165, 1.54) is 0 Å². The molecule has 6 heteroatoms. The van der Waals surface area contributed by atoms with Crippen LogP contribution in [0.25, 0.3) is 10.8 Å². The summed E-state index contributed by atoms with van der Waals surface area (Å²) in [5.41, 5.74) is 5.70. The summed E-state index contributed by atoms with van der Waals surface area (Å²) >= 11 is 0. The fourth-order valence-corrected chi connectivity index (χ4v) is 1.85. The molecule has 2 aromatic carbocycles. The first-order chi connectivity index (χ1) is 9.61. The first-order valence-electron chi connectivity index (χ1n) is 6.09. The van der Waals surface area contributed by atoms with Crippen molar-refractivity contribution in [1.82, 2.24) is 5.32 Å². The van der Waals surface area contributed by atoms with Crippen LogP contribution in [0.1, 0.15) is 0 Å². The smallest absolute Gasteiger partial charge is 0.243 e. The molecule has 0 heterocycles. The number of hydrogen-bond acceptors (Lipinski definition) is 4. The maximum atomic E-state index is 11.7. The van der Waals surface area contributed by atoms with Crippen LogP contribution in [0, 0.1) is 0 Å². The van der Waals surface area contributed by atoms with E-state index in [2.05, 4.69) is 10.6 Å². The molecule has 6 nitrogen and oxygen atoms in total. The third-order valence-corrected chi connectivity index (χ3v) is 2.80. The molecule has 0 saturated carbocycles. The van der Waals surface area contributed by atoms with Gasteiger partial charge in [0.15, 0.2) is 0 Å². The number of nitrogens with one attached hydrogen (secondary N) is 2. The average molecular weight is 273 g/mol. The first-order valence-corrected chi connectivity index (χ1v) is 6.09. The summed E-state index contributed by atoms with van der Waals surface area (Å²) in [7, 11) is 0. The number of rotatable bonds is 4. The maximum Gasteiger partial charge on any atom is 0.243 e. The van der Waals surface area contributed by atoms with Crippen molar-refractivity contribution in [1.29, 1.82) is 0 Å². The highest BCUT2D eigenvalue weighted by Crippen LogP contribution is 2.29. The van der Waals surface area contributed by atoms with Gasteiger partial charge in [0, 0.05) is 16.5 Å². The number of phenols is 1. The number of hydrogen-bond donors (Lipinski definition) is 4. The molecule has 0 unspecified atom stereocenters. The normalized spacial score (nSPS) is 10.2. The van der Waals surface area contributed by atoms with Crippen molar-refractivity contribution in [2.75, 3.05) is 18.4 Å². The number of fused-ring (bicyclic) bond motifs is 1. The van der Waals surface area contributed by atoms with Gasteiger partial charge in [-0.25, -0.2) is 0 Å². The Morgan fingerprint density at radius 2 is 1.75 bits per heavy atom. The number of nitrogens with two attached hydrogens (primary N) is 1. The fourth-order valence-electron chi connectivity index (χ4n) is 1.85. The molecule has 0 radical (unpaired) electrons. The zero-order valence-corrected chi connectivity index (χ0v) is 10.7. The summed E-state index contributed by atoms with van der Waals surface area (Å²) < 4.78 is 0. The van der Waals surface area contributed by atoms with Gasteiger partial charge in [0.25, 0.3) is 0 Å². The maximum absolute atomic E-state index is 11.7. The molecule has 5 N–H and O–H groups in total. The van der Waals surface area contributed by atoms with Crippen molar-refractivity contribution in [2.45, 2.75) is 0 Å². The second-order valence-corrected chi connectivity index (χ2v) is 4.21. The van der Waals surface area contributed by atoms with Crippen molar-refractivity contribution >= 4 is 28.3 Å². The second-order valence-electron chi connectivity index (χ2n) is 4.21. The molecular weight excluding hydrogens is 258 g/mol. The van der Waals surface area contributed by atoms with Gasteiger partial charge in [-0.15, -0.1) is 0 Å². The van der Waals surface area contributed by atoms with E-state index in [9.17, 15) is 14.7 Å². The molecule has 2 aromatic rings. The third kappa shape index (κ3) is 3.04. The number of phenolic OH excluding ortho intramolecular Hbond substituents is 1. The Kier molecular flexibility index (Phi) is 4.17. The lowest BCUT2D eigenvalue weighted by Crippen LogP contribution is -2.36. The summed E-state index contributed by atoms with van der Waals surface area (Å²) in [5, 5.41) is 16.2. The van der Waals surface area contributed by atoms with Crippen molar-refractivity contribution in [3.63, 3.8) is 0 Å². The lowest BCUT2D eigenvalue weighted by molar-refractivity contribution is -0.123. The zero-order chi connectivity index (χ0) is 14.5. The number of anilines is 1. The lowest BCUT2D eigenvalue weighted by atomic mass is 10.1. The van der Waals surface area contributed by atoms with Gasteiger partial charge in [-0.2, -0.15) is 0 Å². The van der Waals surface area contributed by atoms with Crippen LogP contribution < -0.4 is 16.4 Å². The Morgan fingerprint density at radius 1 is 1.05 bits per heavy atom. The van der Waals surface area contributed by atoms with Gasteiger partial charge in [0.2, 0.25) is 11.8 Å². The number of amides is 2. The molecule has 0 aliphatic carbocycles. The standard InChI is InChI=1S/C14H15N3O3/c15-7-13(19)16-8-14(20)17-11-5-1-4-10-9(11)3-2-6-12(10)18/h1-6,18H,7-8,15H2,(H,16,19)(H,17,20). The van der Waals surface area contributed by atoms with E-state index in [0.29, 0.717) is 11.1 Å². The highest BCUT2D eigenvalue weighted by molar-refractivity contribution is 6.04. The minimum atomic E-state index is -0.393. The van der Waals surface area contributed by atoms with Crippen LogP contribution in [0.2, 0.25) is 0 Å². The van der Waals surface area contributed by atoms with Crippen LogP contribution in [-0.4, -0.2) is 30.0 Å². The molecular formula is C14H15N3O3. The first kappa shape index (κ1) is 13.8. The molecule has 2 amide bonds. The third-order valence-electron chi connectivity index (χ3n) is 2.80. The topological polar surface area (TPSA) is 104 Å². The largest absolute Gasteiger partial charge is 0.507 e. The molecule has 0 saturated heterocycles. The highest BCUT2D eigenvalue weighted by Gasteiger charge is 2.08. The molecule has 2 rings (SSSR count). The van der Waals surface area contributed by atoms with E-state index in [4.69, 9.17) is 5.73 Å². The van der Waals surface area contributed by atoms with Gasteiger partial charge in [0.05, 0.1) is 13.1 Å². The van der Waals surface area contributed by atoms with E-state index in [1.54, 1.807) is 36.4 Å². The molecule has 0 spiro atoms. The van der Waals surface area contributed by atoms with Crippen molar-refractivity contribution in [3.8, 4) is 5.75 Å². The summed E-state index contributed by atoms with van der Waals surface area (Å²) in [4.78, 5) is 22.7. The Labute approximate surface area is 115 Å². The SMILES string of the molecule is NCC(=O)NCC(=O)Nc1cccc2c(O)cccc12. The highest BCUT2D eigenvalue weighted by atomic mass is 16.3. The minimum absolute atomic E-state index is 0.148. The Balaban J connectivity index is 2.16. The molecule has 104 valence electrons. The van der Waals surface area contributed by atoms with E-state index in [1.807, 2.05) is 0 Å². The van der Waals surface area contributed by atoms with Crippen molar-refractivity contribution < 1.29 is 14.7 Å². The van der Waals surface area contributed by atoms with E-state index in [0.717, 1.165) is 5.39 Å². The van der Waals surface area contributed by atoms with E-state index < -0.39 is 5.91 Å². The Hall–Kier alpha value is -2.60. The van der Waals surface area contributed by atoms with Crippen LogP contribution in [0.15, 0.2) is 36.4 Å². The van der Waals surface area contributed by atoms with Crippen molar-refractivity contribution in [3.05, 3.63) is 36.4 Å². The van der Waals surface area contributed by atoms with Gasteiger partial charge in [0.1, 0.15) is 5.75 Å². The Bertz CT molecular complexity index is 655. The molecule has 0 atom stereocenters.